The van der Waals surface area contributed by atoms with E-state index in [1.165, 1.54) is 11.8 Å². The first kappa shape index (κ1) is 23.4. The molecule has 2 aliphatic rings. The topological polar surface area (TPSA) is 74.2 Å². The Bertz CT molecular complexity index is 958. The van der Waals surface area contributed by atoms with Crippen LogP contribution in [0, 0.1) is 0 Å². The van der Waals surface area contributed by atoms with Crippen molar-refractivity contribution in [2.45, 2.75) is 26.3 Å². The second kappa shape index (κ2) is 10.3. The molecule has 0 spiro atoms. The van der Waals surface area contributed by atoms with E-state index >= 15 is 0 Å². The first-order chi connectivity index (χ1) is 14.8. The van der Waals surface area contributed by atoms with Crippen LogP contribution in [0.15, 0.2) is 51.6 Å². The van der Waals surface area contributed by atoms with Crippen LogP contribution < -0.4 is 5.32 Å². The van der Waals surface area contributed by atoms with Gasteiger partial charge in [0.2, 0.25) is 5.91 Å². The van der Waals surface area contributed by atoms with Crippen molar-refractivity contribution >= 4 is 40.4 Å². The number of hydrogen-bond donors (Lipinski definition) is 1. The summed E-state index contributed by atoms with van der Waals surface area (Å²) in [6, 6.07) is 6.89. The highest BCUT2D eigenvalue weighted by Crippen LogP contribution is 2.46. The van der Waals surface area contributed by atoms with E-state index in [0.29, 0.717) is 28.0 Å². The predicted molar refractivity (Wildman–Crippen MR) is 125 cm³/mol. The molecule has 2 heterocycles. The van der Waals surface area contributed by atoms with Crippen molar-refractivity contribution in [3.8, 4) is 0 Å². The van der Waals surface area contributed by atoms with Crippen molar-refractivity contribution in [1.29, 1.82) is 0 Å². The number of hydrogen-bond acceptors (Lipinski definition) is 7. The molecular formula is C22H27ClN4O3S. The summed E-state index contributed by atoms with van der Waals surface area (Å²) < 4.78 is 5.34. The Kier molecular flexibility index (Phi) is 7.80. The summed E-state index contributed by atoms with van der Waals surface area (Å²) in [6.45, 7) is 5.15. The van der Waals surface area contributed by atoms with Crippen molar-refractivity contribution in [2.75, 3.05) is 33.8 Å². The molecule has 0 saturated heterocycles. The number of likely N-dealkylation sites (N-methyl/N-ethyl adjacent to an activating group) is 1. The highest BCUT2D eigenvalue weighted by atomic mass is 35.5. The Hall–Kier alpha value is -2.29. The molecule has 0 radical (unpaired) electrons. The number of nitrogens with one attached hydrogen (secondary N) is 1. The van der Waals surface area contributed by atoms with Crippen LogP contribution in [0.1, 0.15) is 31.9 Å². The summed E-state index contributed by atoms with van der Waals surface area (Å²) >= 11 is 7.98. The summed E-state index contributed by atoms with van der Waals surface area (Å²) in [6.07, 6.45) is 0.176. The number of amides is 1. The molecular weight excluding hydrogens is 436 g/mol. The Balaban J connectivity index is 1.94. The molecule has 1 amide bonds. The molecule has 31 heavy (non-hydrogen) atoms. The molecule has 0 fully saturated rings. The zero-order chi connectivity index (χ0) is 22.5. The minimum absolute atomic E-state index is 0.0863. The van der Waals surface area contributed by atoms with E-state index in [4.69, 9.17) is 16.3 Å². The summed E-state index contributed by atoms with van der Waals surface area (Å²) in [5.74, 6) is -0.517. The number of aliphatic imine (C=N–C) groups is 1. The van der Waals surface area contributed by atoms with Crippen LogP contribution in [0.2, 0.25) is 5.02 Å². The minimum Gasteiger partial charge on any atom is -0.463 e. The van der Waals surface area contributed by atoms with E-state index in [-0.39, 0.29) is 18.9 Å². The fourth-order valence-electron chi connectivity index (χ4n) is 3.48. The van der Waals surface area contributed by atoms with E-state index in [2.05, 4.69) is 10.3 Å². The third-order valence-corrected chi connectivity index (χ3v) is 6.15. The third-order valence-electron chi connectivity index (χ3n) is 4.92. The van der Waals surface area contributed by atoms with Gasteiger partial charge in [-0.3, -0.25) is 4.79 Å². The fourth-order valence-corrected chi connectivity index (χ4v) is 4.68. The third kappa shape index (κ3) is 5.31. The van der Waals surface area contributed by atoms with Crippen LogP contribution in [-0.4, -0.2) is 60.6 Å². The average molecular weight is 463 g/mol. The number of thioether (sulfide) groups is 1. The smallest absolute Gasteiger partial charge is 0.338 e. The fraction of sp³-hybridized carbons (Fsp3) is 0.409. The SMILES string of the molecule is CCOC(=O)C1=C(C)N=C2SC=C(CC(=O)NCCN(C)C)N2[C@@H]1c1ccccc1Cl. The van der Waals surface area contributed by atoms with Gasteiger partial charge in [0, 0.05) is 23.8 Å². The average Bonchev–Trinajstić information content (AvgIpc) is 3.09. The number of benzene rings is 1. The van der Waals surface area contributed by atoms with E-state index in [0.717, 1.165) is 17.8 Å². The molecule has 1 aromatic rings. The second-order valence-corrected chi connectivity index (χ2v) is 8.71. The lowest BCUT2D eigenvalue weighted by Crippen LogP contribution is -2.38. The highest BCUT2D eigenvalue weighted by Gasteiger charge is 2.41. The van der Waals surface area contributed by atoms with Crippen molar-refractivity contribution in [3.63, 3.8) is 0 Å². The number of rotatable bonds is 8. The van der Waals surface area contributed by atoms with Gasteiger partial charge in [0.05, 0.1) is 30.3 Å². The van der Waals surface area contributed by atoms with Gasteiger partial charge < -0.3 is 19.9 Å². The van der Waals surface area contributed by atoms with Crippen molar-refractivity contribution in [2.24, 2.45) is 4.99 Å². The lowest BCUT2D eigenvalue weighted by molar-refractivity contribution is -0.139. The van der Waals surface area contributed by atoms with Crippen LogP contribution in [0.4, 0.5) is 0 Å². The largest absolute Gasteiger partial charge is 0.463 e. The number of amidine groups is 1. The van der Waals surface area contributed by atoms with Gasteiger partial charge in [-0.25, -0.2) is 9.79 Å². The van der Waals surface area contributed by atoms with Crippen LogP contribution in [0.5, 0.6) is 0 Å². The molecule has 9 heteroatoms. The molecule has 2 aliphatic heterocycles. The molecule has 3 rings (SSSR count). The van der Waals surface area contributed by atoms with Gasteiger partial charge in [-0.2, -0.15) is 0 Å². The van der Waals surface area contributed by atoms with Crippen molar-refractivity contribution < 1.29 is 14.3 Å². The van der Waals surface area contributed by atoms with E-state index in [1.54, 1.807) is 19.9 Å². The number of nitrogens with zero attached hydrogens (tertiary/aromatic N) is 3. The quantitative estimate of drug-likeness (QED) is 0.595. The number of carbonyl (C=O) groups is 2. The van der Waals surface area contributed by atoms with Gasteiger partial charge in [-0.15, -0.1) is 0 Å². The maximum absolute atomic E-state index is 12.9. The molecule has 1 atom stereocenters. The lowest BCUT2D eigenvalue weighted by atomic mass is 9.93. The lowest BCUT2D eigenvalue weighted by Gasteiger charge is -2.36. The Morgan fingerprint density at radius 3 is 2.74 bits per heavy atom. The first-order valence-electron chi connectivity index (χ1n) is 10.1. The molecule has 0 saturated carbocycles. The maximum Gasteiger partial charge on any atom is 0.338 e. The monoisotopic (exact) mass is 462 g/mol. The molecule has 0 aromatic heterocycles. The van der Waals surface area contributed by atoms with Gasteiger partial charge in [0.1, 0.15) is 0 Å². The summed E-state index contributed by atoms with van der Waals surface area (Å²) in [4.78, 5) is 34.0. The number of ether oxygens (including phenoxy) is 1. The van der Waals surface area contributed by atoms with Crippen LogP contribution in [0.25, 0.3) is 0 Å². The van der Waals surface area contributed by atoms with Gasteiger partial charge in [-0.1, -0.05) is 41.6 Å². The van der Waals surface area contributed by atoms with E-state index in [9.17, 15) is 9.59 Å². The molecule has 7 nitrogen and oxygen atoms in total. The zero-order valence-electron chi connectivity index (χ0n) is 18.1. The van der Waals surface area contributed by atoms with Gasteiger partial charge in [0.25, 0.3) is 0 Å². The summed E-state index contributed by atoms with van der Waals surface area (Å²) in [5, 5.41) is 6.10. The number of fused-ring (bicyclic) bond motifs is 1. The van der Waals surface area contributed by atoms with Crippen LogP contribution in [0.3, 0.4) is 0 Å². The number of esters is 1. The molecule has 0 bridgehead atoms. The maximum atomic E-state index is 12.9. The van der Waals surface area contributed by atoms with Crippen LogP contribution >= 0.6 is 23.4 Å². The molecule has 1 N–H and O–H groups in total. The minimum atomic E-state index is -0.518. The standard InChI is InChI=1S/C22H27ClN4O3S/c1-5-30-21(29)19-14(2)25-22-27(20(19)16-8-6-7-9-17(16)23)15(13-31-22)12-18(28)24-10-11-26(3)4/h6-9,13,20H,5,10-12H2,1-4H3,(H,24,28)/t20-/m1/s1. The van der Waals surface area contributed by atoms with Crippen molar-refractivity contribution in [3.05, 3.63) is 57.2 Å². The normalized spacial score (nSPS) is 18.0. The van der Waals surface area contributed by atoms with Gasteiger partial charge in [0.15, 0.2) is 5.17 Å². The summed E-state index contributed by atoms with van der Waals surface area (Å²) in [5.41, 5.74) is 2.55. The predicted octanol–water partition coefficient (Wildman–Crippen LogP) is 3.55. The highest BCUT2D eigenvalue weighted by molar-refractivity contribution is 8.16. The molecule has 166 valence electrons. The van der Waals surface area contributed by atoms with Gasteiger partial charge >= 0.3 is 5.97 Å². The molecule has 0 aliphatic carbocycles. The van der Waals surface area contributed by atoms with E-state index < -0.39 is 12.0 Å². The van der Waals surface area contributed by atoms with Crippen molar-refractivity contribution in [1.82, 2.24) is 15.1 Å². The van der Waals surface area contributed by atoms with E-state index in [1.807, 2.05) is 47.5 Å². The Morgan fingerprint density at radius 2 is 2.06 bits per heavy atom. The number of carbonyl (C=O) groups excluding carboxylic acids is 2. The Labute approximate surface area is 192 Å². The molecule has 0 unspecified atom stereocenters. The first-order valence-corrected chi connectivity index (χ1v) is 11.4. The molecule has 1 aromatic carbocycles. The Morgan fingerprint density at radius 1 is 1.32 bits per heavy atom. The number of allylic oxidation sites excluding steroid dienone is 1. The van der Waals surface area contributed by atoms with Crippen LogP contribution in [-0.2, 0) is 14.3 Å². The second-order valence-electron chi connectivity index (χ2n) is 7.47. The summed E-state index contributed by atoms with van der Waals surface area (Å²) in [7, 11) is 3.91. The zero-order valence-corrected chi connectivity index (χ0v) is 19.7. The van der Waals surface area contributed by atoms with Gasteiger partial charge in [-0.05, 0) is 45.0 Å². The number of halogens is 1.